The third kappa shape index (κ3) is 2.15. The smallest absolute Gasteiger partial charge is 0.116 e. The van der Waals surface area contributed by atoms with Crippen LogP contribution < -0.4 is 0 Å². The van der Waals surface area contributed by atoms with E-state index in [4.69, 9.17) is 0 Å². The van der Waals surface area contributed by atoms with Gasteiger partial charge in [-0.2, -0.15) is 5.26 Å². The molecule has 3 heteroatoms. The van der Waals surface area contributed by atoms with E-state index >= 15 is 0 Å². The van der Waals surface area contributed by atoms with Gasteiger partial charge in [0.2, 0.25) is 0 Å². The summed E-state index contributed by atoms with van der Waals surface area (Å²) in [6, 6.07) is 19.6. The van der Waals surface area contributed by atoms with Crippen molar-refractivity contribution in [3.63, 3.8) is 0 Å². The van der Waals surface area contributed by atoms with Gasteiger partial charge in [-0.25, -0.2) is 9.97 Å². The molecule has 0 aliphatic heterocycles. The molecule has 94 valence electrons. The van der Waals surface area contributed by atoms with Crippen LogP contribution in [0.3, 0.4) is 0 Å². The molecule has 2 aromatic carbocycles. The van der Waals surface area contributed by atoms with Gasteiger partial charge in [0.05, 0.1) is 17.3 Å². The molecule has 1 aromatic heterocycles. The lowest BCUT2D eigenvalue weighted by Crippen LogP contribution is -1.90. The number of benzene rings is 2. The van der Waals surface area contributed by atoms with Crippen LogP contribution in [0.15, 0.2) is 67.1 Å². The van der Waals surface area contributed by atoms with Crippen LogP contribution in [0.4, 0.5) is 0 Å². The molecule has 0 radical (unpaired) electrons. The molecular weight excluding hydrogens is 246 g/mol. The number of hydrogen-bond acceptors (Lipinski definition) is 3. The number of nitriles is 1. The Balaban J connectivity index is 2.24. The molecule has 1 heterocycles. The van der Waals surface area contributed by atoms with E-state index in [2.05, 4.69) is 16.0 Å². The van der Waals surface area contributed by atoms with E-state index in [0.717, 1.165) is 22.4 Å². The minimum Gasteiger partial charge on any atom is -0.245 e. The number of aromatic nitrogens is 2. The molecule has 0 amide bonds. The summed E-state index contributed by atoms with van der Waals surface area (Å²) >= 11 is 0. The van der Waals surface area contributed by atoms with E-state index in [1.165, 1.54) is 6.33 Å². The van der Waals surface area contributed by atoms with Crippen LogP contribution in [0, 0.1) is 11.3 Å². The van der Waals surface area contributed by atoms with E-state index in [1.807, 2.05) is 54.6 Å². The van der Waals surface area contributed by atoms with Crippen LogP contribution in [-0.2, 0) is 0 Å². The van der Waals surface area contributed by atoms with Gasteiger partial charge in [0.1, 0.15) is 6.33 Å². The van der Waals surface area contributed by atoms with Crippen molar-refractivity contribution in [2.45, 2.75) is 0 Å². The zero-order valence-corrected chi connectivity index (χ0v) is 10.7. The Morgan fingerprint density at radius 3 is 2.20 bits per heavy atom. The topological polar surface area (TPSA) is 49.6 Å². The van der Waals surface area contributed by atoms with Gasteiger partial charge >= 0.3 is 0 Å². The van der Waals surface area contributed by atoms with E-state index in [-0.39, 0.29) is 0 Å². The summed E-state index contributed by atoms with van der Waals surface area (Å²) in [6.45, 7) is 0. The highest BCUT2D eigenvalue weighted by Gasteiger charge is 2.10. The van der Waals surface area contributed by atoms with Crippen LogP contribution in [0.5, 0.6) is 0 Å². The molecule has 0 aliphatic rings. The first kappa shape index (κ1) is 12.1. The molecule has 0 unspecified atom stereocenters. The van der Waals surface area contributed by atoms with Crippen LogP contribution >= 0.6 is 0 Å². The molecule has 0 fully saturated rings. The maximum absolute atomic E-state index is 9.27. The standard InChI is InChI=1S/C17H11N3/c18-11-13-5-1-2-6-14(13)15-7-3-4-8-16(15)17-9-10-19-12-20-17/h1-10,12H. The summed E-state index contributed by atoms with van der Waals surface area (Å²) in [5, 5.41) is 9.27. The minimum atomic E-state index is 0.661. The summed E-state index contributed by atoms with van der Waals surface area (Å²) in [6.07, 6.45) is 3.25. The lowest BCUT2D eigenvalue weighted by Gasteiger charge is -2.10. The predicted octanol–water partition coefficient (Wildman–Crippen LogP) is 3.68. The number of nitrogens with zero attached hydrogens (tertiary/aromatic N) is 3. The lowest BCUT2D eigenvalue weighted by atomic mass is 9.94. The van der Waals surface area contributed by atoms with Crippen molar-refractivity contribution >= 4 is 0 Å². The first-order chi connectivity index (χ1) is 9.90. The average molecular weight is 257 g/mol. The maximum Gasteiger partial charge on any atom is 0.116 e. The van der Waals surface area contributed by atoms with Gasteiger partial charge in [0.25, 0.3) is 0 Å². The first-order valence-electron chi connectivity index (χ1n) is 6.25. The maximum atomic E-state index is 9.27. The third-order valence-corrected chi connectivity index (χ3v) is 3.12. The van der Waals surface area contributed by atoms with Crippen molar-refractivity contribution in [1.82, 2.24) is 9.97 Å². The highest BCUT2D eigenvalue weighted by molar-refractivity contribution is 5.84. The monoisotopic (exact) mass is 257 g/mol. The van der Waals surface area contributed by atoms with Crippen molar-refractivity contribution in [2.24, 2.45) is 0 Å². The second kappa shape index (κ2) is 5.33. The van der Waals surface area contributed by atoms with E-state index < -0.39 is 0 Å². The Morgan fingerprint density at radius 2 is 1.50 bits per heavy atom. The fourth-order valence-corrected chi connectivity index (χ4v) is 2.21. The van der Waals surface area contributed by atoms with Crippen molar-refractivity contribution in [3.05, 3.63) is 72.7 Å². The van der Waals surface area contributed by atoms with Gasteiger partial charge in [0, 0.05) is 17.3 Å². The van der Waals surface area contributed by atoms with E-state index in [0.29, 0.717) is 5.56 Å². The van der Waals surface area contributed by atoms with Crippen LogP contribution in [-0.4, -0.2) is 9.97 Å². The Bertz CT molecular complexity index is 773. The highest BCUT2D eigenvalue weighted by atomic mass is 14.8. The normalized spacial score (nSPS) is 9.95. The summed E-state index contributed by atoms with van der Waals surface area (Å²) in [7, 11) is 0. The van der Waals surface area contributed by atoms with Crippen LogP contribution in [0.25, 0.3) is 22.4 Å². The third-order valence-electron chi connectivity index (χ3n) is 3.12. The predicted molar refractivity (Wildman–Crippen MR) is 77.6 cm³/mol. The Labute approximate surface area is 117 Å². The quantitative estimate of drug-likeness (QED) is 0.703. The lowest BCUT2D eigenvalue weighted by molar-refractivity contribution is 1.17. The second-order valence-corrected chi connectivity index (χ2v) is 4.30. The molecule has 0 spiro atoms. The molecule has 0 saturated carbocycles. The second-order valence-electron chi connectivity index (χ2n) is 4.30. The first-order valence-corrected chi connectivity index (χ1v) is 6.25. The van der Waals surface area contributed by atoms with Gasteiger partial charge in [-0.15, -0.1) is 0 Å². The Morgan fingerprint density at radius 1 is 0.800 bits per heavy atom. The van der Waals surface area contributed by atoms with Crippen molar-refractivity contribution < 1.29 is 0 Å². The molecule has 0 bridgehead atoms. The molecule has 0 N–H and O–H groups in total. The average Bonchev–Trinajstić information content (AvgIpc) is 2.55. The fourth-order valence-electron chi connectivity index (χ4n) is 2.21. The molecule has 20 heavy (non-hydrogen) atoms. The summed E-state index contributed by atoms with van der Waals surface area (Å²) < 4.78 is 0. The van der Waals surface area contributed by atoms with Gasteiger partial charge in [-0.05, 0) is 17.7 Å². The zero-order valence-electron chi connectivity index (χ0n) is 10.7. The van der Waals surface area contributed by atoms with Gasteiger partial charge < -0.3 is 0 Å². The summed E-state index contributed by atoms with van der Waals surface area (Å²) in [5.41, 5.74) is 4.43. The molecule has 3 nitrogen and oxygen atoms in total. The molecular formula is C17H11N3. The van der Waals surface area contributed by atoms with Gasteiger partial charge in [-0.3, -0.25) is 0 Å². The van der Waals surface area contributed by atoms with Gasteiger partial charge in [0.15, 0.2) is 0 Å². The molecule has 0 atom stereocenters. The van der Waals surface area contributed by atoms with E-state index in [9.17, 15) is 5.26 Å². The zero-order chi connectivity index (χ0) is 13.8. The van der Waals surface area contributed by atoms with Crippen molar-refractivity contribution in [3.8, 4) is 28.5 Å². The minimum absolute atomic E-state index is 0.661. The largest absolute Gasteiger partial charge is 0.245 e. The molecule has 3 aromatic rings. The van der Waals surface area contributed by atoms with E-state index in [1.54, 1.807) is 6.20 Å². The molecule has 3 rings (SSSR count). The Hall–Kier alpha value is -2.99. The highest BCUT2D eigenvalue weighted by Crippen LogP contribution is 2.32. The molecule has 0 saturated heterocycles. The van der Waals surface area contributed by atoms with Crippen LogP contribution in [0.2, 0.25) is 0 Å². The fraction of sp³-hybridized carbons (Fsp3) is 0. The number of rotatable bonds is 2. The molecule has 0 aliphatic carbocycles. The summed E-state index contributed by atoms with van der Waals surface area (Å²) in [5.74, 6) is 0. The Kier molecular flexibility index (Phi) is 3.22. The van der Waals surface area contributed by atoms with Crippen molar-refractivity contribution in [1.29, 1.82) is 5.26 Å². The SMILES string of the molecule is N#Cc1ccccc1-c1ccccc1-c1ccncn1. The summed E-state index contributed by atoms with van der Waals surface area (Å²) in [4.78, 5) is 8.24. The van der Waals surface area contributed by atoms with Gasteiger partial charge in [-0.1, -0.05) is 42.5 Å². The van der Waals surface area contributed by atoms with Crippen molar-refractivity contribution in [2.75, 3.05) is 0 Å². The van der Waals surface area contributed by atoms with Crippen LogP contribution in [0.1, 0.15) is 5.56 Å². The number of hydrogen-bond donors (Lipinski definition) is 0.